The number of H-pyrrole nitrogens is 4. The van der Waals surface area contributed by atoms with E-state index in [9.17, 15) is 0 Å². The van der Waals surface area contributed by atoms with E-state index in [4.69, 9.17) is 22.9 Å². The summed E-state index contributed by atoms with van der Waals surface area (Å²) in [5, 5.41) is 3.43. The monoisotopic (exact) mass is 678 g/mol. The van der Waals surface area contributed by atoms with Crippen LogP contribution < -0.4 is 44.3 Å². The fourth-order valence-corrected chi connectivity index (χ4v) is 7.26. The standard InChI is InChI=1S/C42H34N10/c43-25-19-47-20-26(44)39(25)41-33-15-11-29(49-33)37(23-7-3-1-4-8-23)30-12-16-34(50-30)42(40-27(45)21-48-22-28(40)46)36-18-14-32(52-36)38(24-9-5-2-6-10-24)31-13-17-35(41)51-31/h1-22,49-52H,43-46H2. The fourth-order valence-electron chi connectivity index (χ4n) is 7.26. The van der Waals surface area contributed by atoms with Gasteiger partial charge in [0.05, 0.1) is 47.5 Å². The van der Waals surface area contributed by atoms with Crippen molar-refractivity contribution in [1.82, 2.24) is 29.9 Å². The highest BCUT2D eigenvalue weighted by atomic mass is 14.8. The molecule has 252 valence electrons. The minimum Gasteiger partial charge on any atom is -0.397 e. The molecule has 10 nitrogen and oxygen atoms in total. The van der Waals surface area contributed by atoms with Crippen molar-refractivity contribution in [3.63, 3.8) is 0 Å². The zero-order chi connectivity index (χ0) is 35.3. The van der Waals surface area contributed by atoms with Crippen molar-refractivity contribution >= 4 is 45.0 Å². The van der Waals surface area contributed by atoms with Crippen molar-refractivity contribution in [3.8, 4) is 0 Å². The van der Waals surface area contributed by atoms with Crippen LogP contribution in [0, 0.1) is 0 Å². The summed E-state index contributed by atoms with van der Waals surface area (Å²) in [7, 11) is 0. The highest BCUT2D eigenvalue weighted by molar-refractivity contribution is 5.92. The van der Waals surface area contributed by atoms with E-state index in [2.05, 4.69) is 103 Å². The van der Waals surface area contributed by atoms with Crippen LogP contribution in [0.1, 0.15) is 45.0 Å². The quantitative estimate of drug-likeness (QED) is 0.141. The van der Waals surface area contributed by atoms with Crippen LogP contribution in [0.25, 0.3) is 22.3 Å². The SMILES string of the molecule is Nc1cncc(N)c1C1=c2ccc([nH]2)=C(c2ccccc2)c2ccc([nH]2)C(c2c(N)cncc2N)=c2ccc([nH]2)=C(c2ccccc2)c2ccc1[nH]2. The Bertz CT molecular complexity index is 2650. The van der Waals surface area contributed by atoms with Crippen molar-refractivity contribution < 1.29 is 0 Å². The van der Waals surface area contributed by atoms with Gasteiger partial charge in [-0.25, -0.2) is 0 Å². The lowest BCUT2D eigenvalue weighted by atomic mass is 10.0. The molecule has 0 unspecified atom stereocenters. The predicted molar refractivity (Wildman–Crippen MR) is 207 cm³/mol. The number of benzene rings is 2. The van der Waals surface area contributed by atoms with Crippen LogP contribution in [-0.4, -0.2) is 29.9 Å². The van der Waals surface area contributed by atoms with Gasteiger partial charge in [0.15, 0.2) is 0 Å². The molecule has 10 heteroatoms. The molecule has 0 saturated heterocycles. The number of pyridine rings is 2. The Balaban J connectivity index is 1.47. The Morgan fingerprint density at radius 1 is 0.327 bits per heavy atom. The maximum Gasteiger partial charge on any atom is 0.0602 e. The summed E-state index contributed by atoms with van der Waals surface area (Å²) in [6.07, 6.45) is 6.52. The van der Waals surface area contributed by atoms with Crippen LogP contribution in [-0.2, 0) is 0 Å². The van der Waals surface area contributed by atoms with Gasteiger partial charge >= 0.3 is 0 Å². The van der Waals surface area contributed by atoms with Gasteiger partial charge in [0.2, 0.25) is 0 Å². The fraction of sp³-hybridized carbons (Fsp3) is 0. The van der Waals surface area contributed by atoms with Gasteiger partial charge in [0, 0.05) is 77.6 Å². The van der Waals surface area contributed by atoms with E-state index < -0.39 is 0 Å². The zero-order valence-electron chi connectivity index (χ0n) is 27.9. The molecule has 7 heterocycles. The molecule has 12 N–H and O–H groups in total. The average Bonchev–Trinajstić information content (AvgIpc) is 3.99. The number of aromatic nitrogens is 6. The third-order valence-corrected chi connectivity index (χ3v) is 9.53. The number of nitrogens with two attached hydrogens (primary N) is 4. The van der Waals surface area contributed by atoms with Crippen molar-refractivity contribution in [2.75, 3.05) is 22.9 Å². The first-order valence-corrected chi connectivity index (χ1v) is 16.8. The third kappa shape index (κ3) is 5.05. The van der Waals surface area contributed by atoms with Gasteiger partial charge in [-0.3, -0.25) is 9.97 Å². The molecule has 52 heavy (non-hydrogen) atoms. The molecule has 9 rings (SSSR count). The molecule has 0 atom stereocenters. The molecule has 8 aromatic rings. The zero-order valence-corrected chi connectivity index (χ0v) is 27.9. The molecule has 0 fully saturated rings. The van der Waals surface area contributed by atoms with E-state index in [1.165, 1.54) is 0 Å². The molecule has 1 aliphatic rings. The van der Waals surface area contributed by atoms with Gasteiger partial charge < -0.3 is 42.9 Å². The second-order valence-corrected chi connectivity index (χ2v) is 12.8. The molecule has 0 aliphatic carbocycles. The minimum absolute atomic E-state index is 0.469. The Morgan fingerprint density at radius 3 is 0.981 bits per heavy atom. The molecule has 6 aromatic heterocycles. The Labute approximate surface area is 297 Å². The van der Waals surface area contributed by atoms with Crippen LogP contribution in [0.2, 0.25) is 0 Å². The van der Waals surface area contributed by atoms with Crippen LogP contribution >= 0.6 is 0 Å². The first-order valence-electron chi connectivity index (χ1n) is 16.8. The number of fused-ring (bicyclic) bond motifs is 8. The summed E-state index contributed by atoms with van der Waals surface area (Å²) in [6.45, 7) is 0. The average molecular weight is 679 g/mol. The molecule has 2 aromatic carbocycles. The van der Waals surface area contributed by atoms with Crippen LogP contribution in [0.5, 0.6) is 0 Å². The van der Waals surface area contributed by atoms with Crippen LogP contribution in [0.3, 0.4) is 0 Å². The number of nitrogen functional groups attached to an aromatic ring is 4. The molecule has 0 saturated carbocycles. The lowest BCUT2D eigenvalue weighted by Gasteiger charge is -2.13. The summed E-state index contributed by atoms with van der Waals surface area (Å²) in [4.78, 5) is 23.5. The summed E-state index contributed by atoms with van der Waals surface area (Å²) in [6, 6.07) is 37.1. The highest BCUT2D eigenvalue weighted by Gasteiger charge is 2.21. The molecular weight excluding hydrogens is 645 g/mol. The van der Waals surface area contributed by atoms with E-state index in [-0.39, 0.29) is 0 Å². The van der Waals surface area contributed by atoms with Crippen LogP contribution in [0.4, 0.5) is 22.7 Å². The summed E-state index contributed by atoms with van der Waals surface area (Å²) < 4.78 is 0. The van der Waals surface area contributed by atoms with E-state index >= 15 is 0 Å². The Morgan fingerprint density at radius 2 is 0.635 bits per heavy atom. The number of anilines is 4. The highest BCUT2D eigenvalue weighted by Crippen LogP contribution is 2.33. The molecule has 0 amide bonds. The minimum atomic E-state index is 0.469. The van der Waals surface area contributed by atoms with Gasteiger partial charge in [-0.15, -0.1) is 0 Å². The smallest absolute Gasteiger partial charge is 0.0602 e. The van der Waals surface area contributed by atoms with Crippen LogP contribution in [0.15, 0.2) is 134 Å². The number of aromatic amines is 4. The van der Waals surface area contributed by atoms with Crippen molar-refractivity contribution in [2.45, 2.75) is 0 Å². The maximum absolute atomic E-state index is 6.64. The molecular formula is C42H34N10. The molecule has 1 aliphatic heterocycles. The van der Waals surface area contributed by atoms with E-state index in [1.807, 2.05) is 36.4 Å². The maximum atomic E-state index is 6.64. The van der Waals surface area contributed by atoms with E-state index in [0.29, 0.717) is 33.9 Å². The lowest BCUT2D eigenvalue weighted by Crippen LogP contribution is -2.20. The summed E-state index contributed by atoms with van der Waals surface area (Å²) in [5.41, 5.74) is 38.8. The van der Waals surface area contributed by atoms with Gasteiger partial charge in [0.25, 0.3) is 0 Å². The molecule has 0 spiro atoms. The third-order valence-electron chi connectivity index (χ3n) is 9.53. The van der Waals surface area contributed by atoms with Gasteiger partial charge in [-0.1, -0.05) is 60.7 Å². The van der Waals surface area contributed by atoms with Crippen molar-refractivity contribution in [3.05, 3.63) is 200 Å². The van der Waals surface area contributed by atoms with Crippen molar-refractivity contribution in [1.29, 1.82) is 0 Å². The first kappa shape index (κ1) is 30.6. The number of nitrogens with zero attached hydrogens (tertiary/aromatic N) is 2. The first-order chi connectivity index (χ1) is 25.4. The van der Waals surface area contributed by atoms with Gasteiger partial charge in [-0.2, -0.15) is 0 Å². The molecule has 8 bridgehead atoms. The van der Waals surface area contributed by atoms with Crippen molar-refractivity contribution in [2.24, 2.45) is 0 Å². The van der Waals surface area contributed by atoms with Gasteiger partial charge in [-0.05, 0) is 59.7 Å². The second-order valence-electron chi connectivity index (χ2n) is 12.8. The summed E-state index contributed by atoms with van der Waals surface area (Å²) in [5.74, 6) is 0. The van der Waals surface area contributed by atoms with Gasteiger partial charge in [0.1, 0.15) is 0 Å². The Kier molecular flexibility index (Phi) is 7.15. The van der Waals surface area contributed by atoms with E-state index in [1.54, 1.807) is 24.8 Å². The number of hydrogen-bond donors (Lipinski definition) is 8. The number of nitrogens with one attached hydrogen (secondary N) is 4. The van der Waals surface area contributed by atoms with E-state index in [0.717, 1.165) is 77.6 Å². The lowest BCUT2D eigenvalue weighted by molar-refractivity contribution is 1.18. The predicted octanol–water partition coefficient (Wildman–Crippen LogP) is 3.42. The topological polar surface area (TPSA) is 193 Å². The Hall–Kier alpha value is -7.46. The number of rotatable bonds is 4. The largest absolute Gasteiger partial charge is 0.397 e. The normalized spacial score (nSPS) is 12.8. The summed E-state index contributed by atoms with van der Waals surface area (Å²) >= 11 is 0. The second kappa shape index (κ2) is 12.1. The number of hydrogen-bond acceptors (Lipinski definition) is 6. The molecule has 0 radical (unpaired) electrons.